The van der Waals surface area contributed by atoms with E-state index < -0.39 is 15.8 Å². The molecule has 9 aromatic carbocycles. The summed E-state index contributed by atoms with van der Waals surface area (Å²) >= 11 is 0. The van der Waals surface area contributed by atoms with Crippen LogP contribution in [-0.2, 0) is 44.8 Å². The van der Waals surface area contributed by atoms with Crippen molar-refractivity contribution in [2.45, 2.75) is 0 Å². The number of fused-ring (bicyclic) bond motifs is 6. The standard InChI is InChI=1S/C20H20P2.2C16H9.2Au/c1-21(2)19-15-9-10-16-20(19)22(17-11-5-3-6-12-17)18-13-7-4-8-14-18;2*1-2-12-11-13-7-3-4-9-15(13)16-10-6-5-8-14(12)16;;/h3-16H,1-2H3;2*3-11H;;/q;2*-1;2*+1/p+2. The summed E-state index contributed by atoms with van der Waals surface area (Å²) in [5, 5.41) is 15.4. The van der Waals surface area contributed by atoms with Gasteiger partial charge in [0.1, 0.15) is 29.1 Å². The Morgan fingerprint density at radius 1 is 0.357 bits per heavy atom. The molecular formula is C52H40Au2P2+2. The largest absolute Gasteiger partial charge is 1.00 e. The van der Waals surface area contributed by atoms with E-state index in [9.17, 15) is 0 Å². The van der Waals surface area contributed by atoms with Crippen LogP contribution < -0.4 is 21.2 Å². The molecule has 0 bridgehead atoms. The molecule has 0 heterocycles. The average molecular weight is 1120 g/mol. The Morgan fingerprint density at radius 2 is 0.679 bits per heavy atom. The summed E-state index contributed by atoms with van der Waals surface area (Å²) in [5.74, 6) is 5.02. The third-order valence-corrected chi connectivity index (χ3v) is 14.2. The zero-order valence-electron chi connectivity index (χ0n) is 31.1. The molecule has 0 spiro atoms. The van der Waals surface area contributed by atoms with Gasteiger partial charge in [-0.15, -0.1) is 23.3 Å². The number of hydrogen-bond donors (Lipinski definition) is 0. The Bertz CT molecular complexity index is 2610. The molecule has 0 aliphatic rings. The predicted molar refractivity (Wildman–Crippen MR) is 242 cm³/mol. The summed E-state index contributed by atoms with van der Waals surface area (Å²) in [5.41, 5.74) is 1.71. The topological polar surface area (TPSA) is 0 Å². The van der Waals surface area contributed by atoms with Gasteiger partial charge in [0.05, 0.1) is 13.3 Å². The minimum Gasteiger partial charge on any atom is -0.366 e. The van der Waals surface area contributed by atoms with Gasteiger partial charge in [0, 0.05) is 7.92 Å². The first-order valence-corrected chi connectivity index (χ1v) is 22.1. The molecule has 0 saturated carbocycles. The molecule has 0 atom stereocenters. The summed E-state index contributed by atoms with van der Waals surface area (Å²) in [6, 6.07) is 67.9. The van der Waals surface area contributed by atoms with Crippen LogP contribution in [0.3, 0.4) is 0 Å². The predicted octanol–water partition coefficient (Wildman–Crippen LogP) is 11.1. The summed E-state index contributed by atoms with van der Waals surface area (Å²) in [6.45, 7) is 4.78. The molecule has 0 aromatic heterocycles. The number of rotatable bonds is 4. The first-order chi connectivity index (χ1) is 26.6. The molecule has 278 valence electrons. The second-order valence-electron chi connectivity index (χ2n) is 13.3. The van der Waals surface area contributed by atoms with Gasteiger partial charge < -0.3 is 12.8 Å². The van der Waals surface area contributed by atoms with E-state index in [1.807, 2.05) is 72.8 Å². The van der Waals surface area contributed by atoms with E-state index in [4.69, 9.17) is 12.8 Å². The second kappa shape index (κ2) is 20.6. The summed E-state index contributed by atoms with van der Waals surface area (Å²) in [6.07, 6.45) is 14.7. The van der Waals surface area contributed by atoms with Gasteiger partial charge in [-0.2, -0.15) is 0 Å². The van der Waals surface area contributed by atoms with Crippen molar-refractivity contribution >= 4 is 80.2 Å². The molecule has 56 heavy (non-hydrogen) atoms. The Hall–Kier alpha value is -4.52. The molecule has 9 rings (SSSR count). The molecule has 0 aliphatic heterocycles. The first kappa shape index (κ1) is 42.6. The molecule has 0 radical (unpaired) electrons. The third kappa shape index (κ3) is 9.53. The van der Waals surface area contributed by atoms with Crippen molar-refractivity contribution in [3.63, 3.8) is 0 Å². The third-order valence-electron chi connectivity index (χ3n) is 9.67. The first-order valence-electron chi connectivity index (χ1n) is 18.1. The molecule has 0 saturated heterocycles. The van der Waals surface area contributed by atoms with E-state index in [1.165, 1.54) is 32.2 Å². The van der Waals surface area contributed by atoms with E-state index >= 15 is 0 Å². The van der Waals surface area contributed by atoms with Crippen molar-refractivity contribution in [2.75, 3.05) is 13.3 Å². The van der Waals surface area contributed by atoms with Gasteiger partial charge in [-0.1, -0.05) is 156 Å². The Labute approximate surface area is 365 Å². The van der Waals surface area contributed by atoms with E-state index in [2.05, 4.69) is 146 Å². The normalized spacial score (nSPS) is 10.3. The monoisotopic (exact) mass is 1120 g/mol. The Kier molecular flexibility index (Phi) is 15.7. The molecule has 9 aromatic rings. The summed E-state index contributed by atoms with van der Waals surface area (Å²) in [4.78, 5) is 0. The van der Waals surface area contributed by atoms with Crippen LogP contribution in [-0.4, -0.2) is 13.3 Å². The van der Waals surface area contributed by atoms with Crippen molar-refractivity contribution in [3.05, 3.63) is 218 Å². The van der Waals surface area contributed by atoms with E-state index in [0.29, 0.717) is 0 Å². The van der Waals surface area contributed by atoms with Crippen molar-refractivity contribution in [1.82, 2.24) is 0 Å². The Morgan fingerprint density at radius 3 is 1.07 bits per heavy atom. The van der Waals surface area contributed by atoms with Gasteiger partial charge in [-0.3, -0.25) is 11.8 Å². The molecule has 0 aliphatic carbocycles. The zero-order valence-corrected chi connectivity index (χ0v) is 37.4. The van der Waals surface area contributed by atoms with Gasteiger partial charge >= 0.3 is 44.8 Å². The Balaban J connectivity index is 0.000000161. The zero-order chi connectivity index (χ0) is 37.3. The van der Waals surface area contributed by atoms with Crippen LogP contribution in [0.1, 0.15) is 11.1 Å². The smallest absolute Gasteiger partial charge is 0.366 e. The van der Waals surface area contributed by atoms with Gasteiger partial charge in [-0.05, 0) is 68.7 Å². The molecular weight excluding hydrogens is 1080 g/mol. The van der Waals surface area contributed by atoms with Gasteiger partial charge in [0.15, 0.2) is 0 Å². The fraction of sp³-hybridized carbons (Fsp3) is 0.0385. The van der Waals surface area contributed by atoms with E-state index in [1.54, 1.807) is 10.6 Å². The van der Waals surface area contributed by atoms with Gasteiger partial charge in [0.2, 0.25) is 0 Å². The fourth-order valence-corrected chi connectivity index (χ4v) is 11.9. The minimum atomic E-state index is -0.926. The minimum absolute atomic E-state index is 0. The molecule has 0 nitrogen and oxygen atoms in total. The second-order valence-corrected chi connectivity index (χ2v) is 18.3. The van der Waals surface area contributed by atoms with Crippen LogP contribution >= 0.6 is 15.8 Å². The van der Waals surface area contributed by atoms with Crippen molar-refractivity contribution in [2.24, 2.45) is 0 Å². The molecule has 0 fully saturated rings. The number of benzene rings is 9. The summed E-state index contributed by atoms with van der Waals surface area (Å²) < 4.78 is 0. The quantitative estimate of drug-likeness (QED) is 0.0542. The van der Waals surface area contributed by atoms with Crippen LogP contribution in [0.25, 0.3) is 43.1 Å². The maximum Gasteiger partial charge on any atom is 1.00 e. The SMILES string of the molecule is C[PH+](C)c1ccccc1[PH+](c1ccccc1)c1ccccc1.[Au+].[Au+].[C-]#Cc1cc2ccccc2c2ccccc12.[C-]#Cc1cc2ccccc2c2ccccc12. The van der Waals surface area contributed by atoms with Crippen molar-refractivity contribution in [1.29, 1.82) is 0 Å². The van der Waals surface area contributed by atoms with Crippen LogP contribution in [0.2, 0.25) is 0 Å². The van der Waals surface area contributed by atoms with Gasteiger partial charge in [0.25, 0.3) is 0 Å². The van der Waals surface area contributed by atoms with E-state index in [0.717, 1.165) is 32.7 Å². The van der Waals surface area contributed by atoms with Crippen LogP contribution in [0, 0.1) is 24.7 Å². The maximum absolute atomic E-state index is 7.35. The average Bonchev–Trinajstić information content (AvgIpc) is 3.24. The number of hydrogen-bond acceptors (Lipinski definition) is 0. The fourth-order valence-electron chi connectivity index (χ4n) is 7.14. The van der Waals surface area contributed by atoms with Crippen molar-refractivity contribution < 1.29 is 44.8 Å². The molecule has 0 unspecified atom stereocenters. The maximum atomic E-state index is 7.35. The molecule has 0 amide bonds. The van der Waals surface area contributed by atoms with Crippen LogP contribution in [0.5, 0.6) is 0 Å². The van der Waals surface area contributed by atoms with E-state index in [-0.39, 0.29) is 44.8 Å². The summed E-state index contributed by atoms with van der Waals surface area (Å²) in [7, 11) is -1.40. The molecule has 4 heteroatoms. The van der Waals surface area contributed by atoms with Crippen LogP contribution in [0.15, 0.2) is 194 Å². The van der Waals surface area contributed by atoms with Crippen molar-refractivity contribution in [3.8, 4) is 11.8 Å². The van der Waals surface area contributed by atoms with Crippen LogP contribution in [0.4, 0.5) is 0 Å². The van der Waals surface area contributed by atoms with Gasteiger partial charge in [-0.25, -0.2) is 0 Å². The molecule has 0 N–H and O–H groups in total.